The van der Waals surface area contributed by atoms with Crippen LogP contribution in [0.5, 0.6) is 11.5 Å². The SMILES string of the molecule is COc1ccc(CN=C2NC(=NCc3ccc(OC)cc3)c3ccccc32)cc1. The summed E-state index contributed by atoms with van der Waals surface area (Å²) < 4.78 is 10.4. The van der Waals surface area contributed by atoms with E-state index in [9.17, 15) is 0 Å². The summed E-state index contributed by atoms with van der Waals surface area (Å²) in [6, 6.07) is 24.1. The Labute approximate surface area is 170 Å². The zero-order valence-electron chi connectivity index (χ0n) is 16.6. The Morgan fingerprint density at radius 1 is 0.621 bits per heavy atom. The van der Waals surface area contributed by atoms with Crippen LogP contribution >= 0.6 is 0 Å². The molecule has 0 saturated heterocycles. The summed E-state index contributed by atoms with van der Waals surface area (Å²) in [4.78, 5) is 9.57. The molecule has 0 aromatic heterocycles. The standard InChI is InChI=1S/C24H23N3O2/c1-28-19-11-7-17(8-12-19)15-25-23-21-5-3-4-6-22(21)24(27-23)26-16-18-9-13-20(29-2)14-10-18/h3-14H,15-16H2,1-2H3,(H,25,26,27). The van der Waals surface area contributed by atoms with Gasteiger partial charge in [-0.1, -0.05) is 48.5 Å². The van der Waals surface area contributed by atoms with Gasteiger partial charge in [0.05, 0.1) is 27.3 Å². The molecule has 0 aliphatic carbocycles. The van der Waals surface area contributed by atoms with Crippen molar-refractivity contribution < 1.29 is 9.47 Å². The predicted molar refractivity (Wildman–Crippen MR) is 116 cm³/mol. The van der Waals surface area contributed by atoms with Gasteiger partial charge in [0.1, 0.15) is 23.2 Å². The normalized spacial score (nSPS) is 15.2. The van der Waals surface area contributed by atoms with Crippen LogP contribution < -0.4 is 14.8 Å². The molecule has 29 heavy (non-hydrogen) atoms. The number of hydrogen-bond donors (Lipinski definition) is 1. The Bertz CT molecular complexity index is 954. The second-order valence-electron chi connectivity index (χ2n) is 6.70. The highest BCUT2D eigenvalue weighted by Gasteiger charge is 2.22. The lowest BCUT2D eigenvalue weighted by Gasteiger charge is -2.04. The van der Waals surface area contributed by atoms with E-state index in [0.29, 0.717) is 13.1 Å². The zero-order valence-corrected chi connectivity index (χ0v) is 16.6. The van der Waals surface area contributed by atoms with Crippen molar-refractivity contribution >= 4 is 11.7 Å². The lowest BCUT2D eigenvalue weighted by atomic mass is 10.1. The molecular formula is C24H23N3O2. The van der Waals surface area contributed by atoms with Crippen LogP contribution in [0.4, 0.5) is 0 Å². The maximum Gasteiger partial charge on any atom is 0.134 e. The van der Waals surface area contributed by atoms with Gasteiger partial charge in [0, 0.05) is 11.1 Å². The summed E-state index contributed by atoms with van der Waals surface area (Å²) in [7, 11) is 3.34. The van der Waals surface area contributed by atoms with Gasteiger partial charge in [0.2, 0.25) is 0 Å². The average Bonchev–Trinajstić information content (AvgIpc) is 3.15. The van der Waals surface area contributed by atoms with E-state index in [4.69, 9.17) is 19.5 Å². The van der Waals surface area contributed by atoms with Crippen molar-refractivity contribution in [3.8, 4) is 11.5 Å². The molecule has 5 nitrogen and oxygen atoms in total. The van der Waals surface area contributed by atoms with Crippen LogP contribution in [0.2, 0.25) is 0 Å². The lowest BCUT2D eigenvalue weighted by molar-refractivity contribution is 0.414. The molecular weight excluding hydrogens is 362 g/mol. The number of aliphatic imine (C=N–C) groups is 2. The van der Waals surface area contributed by atoms with Crippen LogP contribution in [0.25, 0.3) is 0 Å². The highest BCUT2D eigenvalue weighted by molar-refractivity contribution is 6.25. The molecule has 4 rings (SSSR count). The van der Waals surface area contributed by atoms with Crippen LogP contribution in [0.15, 0.2) is 82.8 Å². The quantitative estimate of drug-likeness (QED) is 0.692. The first-order valence-electron chi connectivity index (χ1n) is 9.48. The highest BCUT2D eigenvalue weighted by atomic mass is 16.5. The number of nitrogens with one attached hydrogen (secondary N) is 1. The van der Waals surface area contributed by atoms with Gasteiger partial charge in [-0.15, -0.1) is 0 Å². The third kappa shape index (κ3) is 4.29. The molecule has 1 aliphatic heterocycles. The smallest absolute Gasteiger partial charge is 0.134 e. The fourth-order valence-electron chi connectivity index (χ4n) is 3.19. The molecule has 0 radical (unpaired) electrons. The maximum absolute atomic E-state index is 5.21. The molecule has 1 aliphatic rings. The number of hydrogen-bond acceptors (Lipinski definition) is 4. The maximum atomic E-state index is 5.21. The third-order valence-corrected chi connectivity index (χ3v) is 4.83. The van der Waals surface area contributed by atoms with Gasteiger partial charge in [0.25, 0.3) is 0 Å². The second kappa shape index (κ2) is 8.61. The molecule has 0 amide bonds. The van der Waals surface area contributed by atoms with Crippen LogP contribution in [0, 0.1) is 0 Å². The number of fused-ring (bicyclic) bond motifs is 1. The minimum Gasteiger partial charge on any atom is -0.497 e. The molecule has 1 N–H and O–H groups in total. The monoisotopic (exact) mass is 385 g/mol. The van der Waals surface area contributed by atoms with Crippen molar-refractivity contribution in [2.45, 2.75) is 13.1 Å². The molecule has 1 heterocycles. The topological polar surface area (TPSA) is 55.2 Å². The molecule has 3 aromatic carbocycles. The average molecular weight is 385 g/mol. The minimum absolute atomic E-state index is 0.590. The van der Waals surface area contributed by atoms with Crippen LogP contribution in [-0.2, 0) is 13.1 Å². The van der Waals surface area contributed by atoms with Crippen molar-refractivity contribution in [3.63, 3.8) is 0 Å². The van der Waals surface area contributed by atoms with Gasteiger partial charge in [-0.25, -0.2) is 0 Å². The summed E-state index contributed by atoms with van der Waals surface area (Å²) in [5.41, 5.74) is 4.41. The van der Waals surface area contributed by atoms with E-state index in [1.165, 1.54) is 0 Å². The molecule has 0 fully saturated rings. The van der Waals surface area contributed by atoms with Gasteiger partial charge in [-0.3, -0.25) is 9.98 Å². The van der Waals surface area contributed by atoms with Crippen molar-refractivity contribution in [1.82, 2.24) is 5.32 Å². The van der Waals surface area contributed by atoms with Crippen molar-refractivity contribution in [2.75, 3.05) is 14.2 Å². The number of nitrogens with zero attached hydrogens (tertiary/aromatic N) is 2. The van der Waals surface area contributed by atoms with Gasteiger partial charge in [-0.2, -0.15) is 0 Å². The first-order chi connectivity index (χ1) is 14.3. The molecule has 0 bridgehead atoms. The molecule has 0 atom stereocenters. The molecule has 3 aromatic rings. The number of benzene rings is 3. The van der Waals surface area contributed by atoms with E-state index in [1.54, 1.807) is 14.2 Å². The molecule has 0 saturated carbocycles. The van der Waals surface area contributed by atoms with Gasteiger partial charge in [-0.05, 0) is 35.4 Å². The molecule has 0 spiro atoms. The molecule has 146 valence electrons. The zero-order chi connectivity index (χ0) is 20.1. The molecule has 0 unspecified atom stereocenters. The van der Waals surface area contributed by atoms with Crippen LogP contribution in [0.3, 0.4) is 0 Å². The Morgan fingerprint density at radius 2 is 1.03 bits per heavy atom. The second-order valence-corrected chi connectivity index (χ2v) is 6.70. The first kappa shape index (κ1) is 18.7. The summed E-state index contributed by atoms with van der Waals surface area (Å²) in [5, 5.41) is 3.39. The van der Waals surface area contributed by atoms with Crippen LogP contribution in [-0.4, -0.2) is 25.9 Å². The van der Waals surface area contributed by atoms with E-state index in [2.05, 4.69) is 17.4 Å². The number of methoxy groups -OCH3 is 2. The Kier molecular flexibility index (Phi) is 5.56. The van der Waals surface area contributed by atoms with Gasteiger partial charge in [0.15, 0.2) is 0 Å². The summed E-state index contributed by atoms with van der Waals surface area (Å²) >= 11 is 0. The van der Waals surface area contributed by atoms with Gasteiger partial charge < -0.3 is 14.8 Å². The van der Waals surface area contributed by atoms with E-state index in [-0.39, 0.29) is 0 Å². The summed E-state index contributed by atoms with van der Waals surface area (Å²) in [6.07, 6.45) is 0. The minimum atomic E-state index is 0.590. The first-order valence-corrected chi connectivity index (χ1v) is 9.48. The number of rotatable bonds is 6. The van der Waals surface area contributed by atoms with Crippen LogP contribution in [0.1, 0.15) is 22.3 Å². The number of amidine groups is 2. The largest absolute Gasteiger partial charge is 0.497 e. The van der Waals surface area contributed by atoms with E-state index >= 15 is 0 Å². The van der Waals surface area contributed by atoms with Crippen molar-refractivity contribution in [2.24, 2.45) is 9.98 Å². The van der Waals surface area contributed by atoms with Crippen molar-refractivity contribution in [3.05, 3.63) is 95.1 Å². The predicted octanol–water partition coefficient (Wildman–Crippen LogP) is 4.20. The fraction of sp³-hybridized carbons (Fsp3) is 0.167. The fourth-order valence-corrected chi connectivity index (χ4v) is 3.19. The van der Waals surface area contributed by atoms with Crippen molar-refractivity contribution in [1.29, 1.82) is 0 Å². The third-order valence-electron chi connectivity index (χ3n) is 4.83. The van der Waals surface area contributed by atoms with E-state index in [0.717, 1.165) is 45.4 Å². The Hall–Kier alpha value is -3.60. The highest BCUT2D eigenvalue weighted by Crippen LogP contribution is 2.19. The number of ether oxygens (including phenoxy) is 2. The Balaban J connectivity index is 1.53. The Morgan fingerprint density at radius 3 is 1.41 bits per heavy atom. The van der Waals surface area contributed by atoms with Gasteiger partial charge >= 0.3 is 0 Å². The lowest BCUT2D eigenvalue weighted by Crippen LogP contribution is -2.23. The molecule has 5 heteroatoms. The summed E-state index contributed by atoms with van der Waals surface area (Å²) in [6.45, 7) is 1.18. The van der Waals surface area contributed by atoms with E-state index in [1.807, 2.05) is 60.7 Å². The summed E-state index contributed by atoms with van der Waals surface area (Å²) in [5.74, 6) is 3.40. The van der Waals surface area contributed by atoms with E-state index < -0.39 is 0 Å².